The van der Waals surface area contributed by atoms with Crippen molar-refractivity contribution in [3.8, 4) is 5.75 Å². The summed E-state index contributed by atoms with van der Waals surface area (Å²) in [6.07, 6.45) is 2.61. The molecule has 2 aromatic rings. The van der Waals surface area contributed by atoms with Crippen molar-refractivity contribution in [1.82, 2.24) is 5.32 Å². The van der Waals surface area contributed by atoms with Crippen molar-refractivity contribution in [1.29, 1.82) is 0 Å². The fourth-order valence-corrected chi connectivity index (χ4v) is 5.18. The Labute approximate surface area is 206 Å². The Bertz CT molecular complexity index is 1250. The van der Waals surface area contributed by atoms with Gasteiger partial charge in [-0.3, -0.25) is 19.8 Å². The van der Waals surface area contributed by atoms with Crippen molar-refractivity contribution in [3.63, 3.8) is 0 Å². The van der Waals surface area contributed by atoms with E-state index in [9.17, 15) is 9.59 Å². The average molecular weight is 478 g/mol. The zero-order valence-corrected chi connectivity index (χ0v) is 21.6. The standard InChI is InChI=1S/C27H31N3O3S/c1-15-9-8-10-21(17(15)3)30-25(32)20(24(31)28-26(30)34)12-18-11-19-16(2)14-27(4,5)29(6)22(19)13-23(18)33-7/h8-13,16H,14H2,1-7H3,(H,28,31,34)/b20-12-. The summed E-state index contributed by atoms with van der Waals surface area (Å²) >= 11 is 5.38. The lowest BCUT2D eigenvalue weighted by Gasteiger charge is -2.45. The van der Waals surface area contributed by atoms with Crippen LogP contribution in [-0.4, -0.2) is 36.6 Å². The van der Waals surface area contributed by atoms with E-state index < -0.39 is 11.8 Å². The Hall–Kier alpha value is -3.19. The van der Waals surface area contributed by atoms with Gasteiger partial charge in [0.1, 0.15) is 11.3 Å². The highest BCUT2D eigenvalue weighted by Gasteiger charge is 2.37. The van der Waals surface area contributed by atoms with E-state index >= 15 is 0 Å². The van der Waals surface area contributed by atoms with Gasteiger partial charge in [-0.2, -0.15) is 0 Å². The summed E-state index contributed by atoms with van der Waals surface area (Å²) in [6, 6.07) is 9.72. The molecule has 6 nitrogen and oxygen atoms in total. The van der Waals surface area contributed by atoms with Crippen molar-refractivity contribution in [2.45, 2.75) is 52.5 Å². The zero-order valence-electron chi connectivity index (χ0n) is 20.8. The van der Waals surface area contributed by atoms with Gasteiger partial charge in [0.2, 0.25) is 0 Å². The van der Waals surface area contributed by atoms with Crippen LogP contribution in [0.1, 0.15) is 55.4 Å². The lowest BCUT2D eigenvalue weighted by molar-refractivity contribution is -0.122. The number of nitrogens with one attached hydrogen (secondary N) is 1. The number of thiocarbonyl (C=S) groups is 1. The lowest BCUT2D eigenvalue weighted by Crippen LogP contribution is -2.54. The second-order valence-corrected chi connectivity index (χ2v) is 10.2. The third-order valence-corrected chi connectivity index (χ3v) is 7.49. The van der Waals surface area contributed by atoms with Crippen molar-refractivity contribution >= 4 is 46.6 Å². The highest BCUT2D eigenvalue weighted by molar-refractivity contribution is 7.80. The normalized spacial score (nSPS) is 21.0. The van der Waals surface area contributed by atoms with Crippen LogP contribution in [0.25, 0.3) is 6.08 Å². The van der Waals surface area contributed by atoms with Gasteiger partial charge in [0.05, 0.1) is 12.8 Å². The van der Waals surface area contributed by atoms with Crippen molar-refractivity contribution in [3.05, 3.63) is 58.2 Å². The highest BCUT2D eigenvalue weighted by atomic mass is 32.1. The molecule has 0 aromatic heterocycles. The first-order valence-corrected chi connectivity index (χ1v) is 11.8. The van der Waals surface area contributed by atoms with Crippen LogP contribution in [0.3, 0.4) is 0 Å². The Morgan fingerprint density at radius 2 is 1.88 bits per heavy atom. The van der Waals surface area contributed by atoms with Crippen LogP contribution in [0.2, 0.25) is 0 Å². The van der Waals surface area contributed by atoms with Crippen LogP contribution < -0.4 is 19.9 Å². The number of anilines is 2. The van der Waals surface area contributed by atoms with Gasteiger partial charge in [-0.05, 0) is 87.2 Å². The lowest BCUT2D eigenvalue weighted by atomic mass is 9.79. The topological polar surface area (TPSA) is 61.9 Å². The van der Waals surface area contributed by atoms with E-state index in [0.29, 0.717) is 22.9 Å². The Balaban J connectivity index is 1.82. The first kappa shape index (κ1) is 24.0. The number of rotatable bonds is 3. The molecule has 2 amide bonds. The summed E-state index contributed by atoms with van der Waals surface area (Å²) < 4.78 is 5.69. The second-order valence-electron chi connectivity index (χ2n) is 9.81. The van der Waals surface area contributed by atoms with E-state index in [0.717, 1.165) is 23.2 Å². The van der Waals surface area contributed by atoms with Gasteiger partial charge in [-0.15, -0.1) is 0 Å². The number of carbonyl (C=O) groups excluding carboxylic acids is 2. The molecule has 0 bridgehead atoms. The van der Waals surface area contributed by atoms with E-state index in [1.54, 1.807) is 13.2 Å². The molecular formula is C27H31N3O3S. The van der Waals surface area contributed by atoms with Crippen LogP contribution in [0.4, 0.5) is 11.4 Å². The zero-order chi connectivity index (χ0) is 24.9. The maximum absolute atomic E-state index is 13.6. The minimum Gasteiger partial charge on any atom is -0.496 e. The number of fused-ring (bicyclic) bond motifs is 1. The maximum atomic E-state index is 13.6. The van der Waals surface area contributed by atoms with Crippen LogP contribution in [0.15, 0.2) is 35.9 Å². The molecule has 1 saturated heterocycles. The monoisotopic (exact) mass is 477 g/mol. The molecule has 1 N–H and O–H groups in total. The highest BCUT2D eigenvalue weighted by Crippen LogP contribution is 2.45. The Kier molecular flexibility index (Phi) is 6.02. The van der Waals surface area contributed by atoms with Crippen LogP contribution in [-0.2, 0) is 9.59 Å². The molecule has 2 aliphatic heterocycles. The molecule has 0 radical (unpaired) electrons. The number of hydrogen-bond acceptors (Lipinski definition) is 5. The first-order valence-electron chi connectivity index (χ1n) is 11.4. The quantitative estimate of drug-likeness (QED) is 0.388. The number of methoxy groups -OCH3 is 1. The number of amides is 2. The Morgan fingerprint density at radius 1 is 1.18 bits per heavy atom. The molecule has 178 valence electrons. The molecule has 34 heavy (non-hydrogen) atoms. The number of benzene rings is 2. The molecule has 1 unspecified atom stereocenters. The first-order chi connectivity index (χ1) is 16.0. The number of ether oxygens (including phenoxy) is 1. The van der Waals surface area contributed by atoms with Gasteiger partial charge in [-0.25, -0.2) is 0 Å². The summed E-state index contributed by atoms with van der Waals surface area (Å²) in [5, 5.41) is 2.76. The summed E-state index contributed by atoms with van der Waals surface area (Å²) in [5.74, 6) is -0.0367. The molecule has 2 aliphatic rings. The molecular weight excluding hydrogens is 446 g/mol. The van der Waals surface area contributed by atoms with E-state index in [1.165, 1.54) is 10.5 Å². The smallest absolute Gasteiger partial charge is 0.270 e. The second kappa shape index (κ2) is 8.55. The molecule has 0 aliphatic carbocycles. The third kappa shape index (κ3) is 3.88. The molecule has 1 fully saturated rings. The van der Waals surface area contributed by atoms with Crippen molar-refractivity contribution in [2.24, 2.45) is 0 Å². The maximum Gasteiger partial charge on any atom is 0.270 e. The third-order valence-electron chi connectivity index (χ3n) is 7.20. The van der Waals surface area contributed by atoms with Gasteiger partial charge in [-0.1, -0.05) is 19.1 Å². The minimum absolute atomic E-state index is 0.0124. The Morgan fingerprint density at radius 3 is 2.56 bits per heavy atom. The van der Waals surface area contributed by atoms with Crippen LogP contribution >= 0.6 is 12.2 Å². The van der Waals surface area contributed by atoms with E-state index in [4.69, 9.17) is 17.0 Å². The number of hydrogen-bond donors (Lipinski definition) is 1. The molecule has 4 rings (SSSR count). The van der Waals surface area contributed by atoms with Gasteiger partial charge < -0.3 is 9.64 Å². The molecule has 2 heterocycles. The average Bonchev–Trinajstić information content (AvgIpc) is 2.77. The molecule has 2 aromatic carbocycles. The molecule has 7 heteroatoms. The van der Waals surface area contributed by atoms with Gasteiger partial charge in [0, 0.05) is 29.9 Å². The summed E-state index contributed by atoms with van der Waals surface area (Å²) in [5.41, 5.74) is 5.61. The SMILES string of the molecule is COc1cc2c(cc1/C=C1/C(=O)NC(=S)N(c3cccc(C)c3C)C1=O)C(C)CC(C)(C)N2C. The number of carbonyl (C=O) groups is 2. The van der Waals surface area contributed by atoms with Crippen LogP contribution in [0.5, 0.6) is 5.75 Å². The molecule has 0 saturated carbocycles. The molecule has 0 spiro atoms. The summed E-state index contributed by atoms with van der Waals surface area (Å²) in [7, 11) is 3.69. The number of nitrogens with zero attached hydrogens (tertiary/aromatic N) is 2. The fraction of sp³-hybridized carbons (Fsp3) is 0.370. The van der Waals surface area contributed by atoms with Gasteiger partial charge >= 0.3 is 0 Å². The van der Waals surface area contributed by atoms with Crippen LogP contribution in [0, 0.1) is 13.8 Å². The van der Waals surface area contributed by atoms with E-state index in [1.807, 2.05) is 44.2 Å². The van der Waals surface area contributed by atoms with Gasteiger partial charge in [0.25, 0.3) is 11.8 Å². The minimum atomic E-state index is -0.511. The largest absolute Gasteiger partial charge is 0.496 e. The molecule has 1 atom stereocenters. The van der Waals surface area contributed by atoms with E-state index in [-0.39, 0.29) is 16.2 Å². The number of aryl methyl sites for hydroxylation is 1. The van der Waals surface area contributed by atoms with Crippen molar-refractivity contribution in [2.75, 3.05) is 24.0 Å². The van der Waals surface area contributed by atoms with Crippen molar-refractivity contribution < 1.29 is 14.3 Å². The summed E-state index contributed by atoms with van der Waals surface area (Å²) in [4.78, 5) is 30.1. The van der Waals surface area contributed by atoms with E-state index in [2.05, 4.69) is 38.0 Å². The van der Waals surface area contributed by atoms with Gasteiger partial charge in [0.15, 0.2) is 5.11 Å². The fourth-order valence-electron chi connectivity index (χ4n) is 4.91. The predicted octanol–water partition coefficient (Wildman–Crippen LogP) is 4.87. The summed E-state index contributed by atoms with van der Waals surface area (Å²) in [6.45, 7) is 10.6. The predicted molar refractivity (Wildman–Crippen MR) is 141 cm³/mol.